The highest BCUT2D eigenvalue weighted by Crippen LogP contribution is 2.22. The number of methoxy groups -OCH3 is 1. The van der Waals surface area contributed by atoms with Crippen LogP contribution in [-0.4, -0.2) is 31.8 Å². The van der Waals surface area contributed by atoms with Crippen LogP contribution in [0.15, 0.2) is 30.3 Å². The second kappa shape index (κ2) is 6.14. The number of hydrogen-bond donors (Lipinski definition) is 1. The second-order valence-electron chi connectivity index (χ2n) is 3.80. The molecule has 0 aliphatic heterocycles. The molecule has 0 aliphatic rings. The van der Waals surface area contributed by atoms with E-state index in [4.69, 9.17) is 9.47 Å². The molecule has 94 valence electrons. The zero-order chi connectivity index (χ0) is 12.8. The predicted molar refractivity (Wildman–Crippen MR) is 70.5 cm³/mol. The molecule has 1 heterocycles. The number of aldehydes is 1. The fraction of sp³-hybridized carbons (Fsp3) is 0.214. The molecule has 2 aromatic rings. The van der Waals surface area contributed by atoms with Crippen molar-refractivity contribution < 1.29 is 14.3 Å². The maximum Gasteiger partial charge on any atom is 0.166 e. The van der Waals surface area contributed by atoms with E-state index in [9.17, 15) is 4.79 Å². The number of H-pyrrole nitrogens is 1. The van der Waals surface area contributed by atoms with Gasteiger partial charge in [0.05, 0.1) is 12.3 Å². The van der Waals surface area contributed by atoms with Crippen LogP contribution in [0.4, 0.5) is 0 Å². The summed E-state index contributed by atoms with van der Waals surface area (Å²) in [4.78, 5) is 14.1. The Morgan fingerprint density at radius 1 is 1.33 bits per heavy atom. The molecule has 0 fully saturated rings. The van der Waals surface area contributed by atoms with Gasteiger partial charge < -0.3 is 14.5 Å². The summed E-state index contributed by atoms with van der Waals surface area (Å²) in [6.45, 7) is 0.713. The molecule has 4 nitrogen and oxygen atoms in total. The fourth-order valence-electron chi connectivity index (χ4n) is 1.82. The molecule has 1 aromatic heterocycles. The molecular weight excluding hydrogens is 230 g/mol. The number of carbonyl (C=O) groups excluding carboxylic acids is 1. The summed E-state index contributed by atoms with van der Waals surface area (Å²) in [6, 6.07) is 7.81. The van der Waals surface area contributed by atoms with E-state index >= 15 is 0 Å². The highest BCUT2D eigenvalue weighted by molar-refractivity contribution is 5.97. The van der Waals surface area contributed by atoms with Crippen molar-refractivity contribution >= 4 is 23.3 Å². The molecule has 0 spiro atoms. The number of fused-ring (bicyclic) bond motifs is 1. The van der Waals surface area contributed by atoms with Crippen LogP contribution in [-0.2, 0) is 9.47 Å². The minimum atomic E-state index is 0.263. The molecule has 0 saturated heterocycles. The van der Waals surface area contributed by atoms with Crippen LogP contribution in [0.2, 0.25) is 0 Å². The van der Waals surface area contributed by atoms with Crippen LogP contribution in [0.1, 0.15) is 16.1 Å². The third-order valence-electron chi connectivity index (χ3n) is 2.59. The number of ether oxygens (including phenoxy) is 2. The molecular formula is C14H15NO3. The van der Waals surface area contributed by atoms with Gasteiger partial charge >= 0.3 is 0 Å². The van der Waals surface area contributed by atoms with E-state index in [1.807, 2.05) is 36.4 Å². The molecule has 0 radical (unpaired) electrons. The lowest BCUT2D eigenvalue weighted by molar-refractivity contribution is -0.0184. The molecule has 0 unspecified atom stereocenters. The Bertz CT molecular complexity index is 557. The van der Waals surface area contributed by atoms with Gasteiger partial charge in [-0.1, -0.05) is 30.4 Å². The van der Waals surface area contributed by atoms with Gasteiger partial charge in [0.25, 0.3) is 0 Å². The van der Waals surface area contributed by atoms with E-state index in [1.165, 1.54) is 0 Å². The van der Waals surface area contributed by atoms with Crippen LogP contribution < -0.4 is 0 Å². The van der Waals surface area contributed by atoms with Gasteiger partial charge in [0.15, 0.2) is 6.29 Å². The van der Waals surface area contributed by atoms with Crippen molar-refractivity contribution in [1.29, 1.82) is 0 Å². The lowest BCUT2D eigenvalue weighted by atomic mass is 10.1. The van der Waals surface area contributed by atoms with Crippen molar-refractivity contribution in [2.24, 2.45) is 0 Å². The molecule has 4 heteroatoms. The number of rotatable bonds is 6. The number of para-hydroxylation sites is 1. The number of hydrogen-bond acceptors (Lipinski definition) is 3. The number of nitrogens with one attached hydrogen (secondary N) is 1. The first kappa shape index (κ1) is 12.5. The maximum absolute atomic E-state index is 11.0. The largest absolute Gasteiger partial charge is 0.359 e. The summed E-state index contributed by atoms with van der Waals surface area (Å²) in [6.07, 6.45) is 4.58. The lowest BCUT2D eigenvalue weighted by Gasteiger charge is -1.97. The van der Waals surface area contributed by atoms with E-state index < -0.39 is 0 Å². The number of carbonyl (C=O) groups is 1. The first-order chi connectivity index (χ1) is 8.86. The first-order valence-electron chi connectivity index (χ1n) is 5.66. The Kier molecular flexibility index (Phi) is 4.28. The SMILES string of the molecule is COCOC/C=C/c1c(C=O)[nH]c2ccccc12. The molecule has 0 aliphatic carbocycles. The van der Waals surface area contributed by atoms with Crippen LogP contribution in [0, 0.1) is 0 Å². The van der Waals surface area contributed by atoms with Gasteiger partial charge in [-0.05, 0) is 6.07 Å². The van der Waals surface area contributed by atoms with Gasteiger partial charge in [-0.25, -0.2) is 0 Å². The van der Waals surface area contributed by atoms with Crippen LogP contribution in [0.5, 0.6) is 0 Å². The van der Waals surface area contributed by atoms with Crippen molar-refractivity contribution in [3.8, 4) is 0 Å². The predicted octanol–water partition coefficient (Wildman–Crippen LogP) is 2.61. The van der Waals surface area contributed by atoms with E-state index in [0.717, 1.165) is 22.8 Å². The third kappa shape index (κ3) is 2.67. The Balaban J connectivity index is 2.22. The summed E-state index contributed by atoms with van der Waals surface area (Å²) >= 11 is 0. The van der Waals surface area contributed by atoms with Gasteiger partial charge in [-0.15, -0.1) is 0 Å². The fourth-order valence-corrected chi connectivity index (χ4v) is 1.82. The maximum atomic E-state index is 11.0. The molecule has 0 atom stereocenters. The van der Waals surface area contributed by atoms with Crippen molar-refractivity contribution in [2.75, 3.05) is 20.5 Å². The van der Waals surface area contributed by atoms with Gasteiger partial charge in [0.2, 0.25) is 0 Å². The molecule has 1 N–H and O–H groups in total. The Morgan fingerprint density at radius 2 is 2.17 bits per heavy atom. The zero-order valence-corrected chi connectivity index (χ0v) is 10.2. The Hall–Kier alpha value is -1.91. The highest BCUT2D eigenvalue weighted by Gasteiger charge is 2.06. The molecule has 0 bridgehead atoms. The molecule has 1 aromatic carbocycles. The normalized spacial score (nSPS) is 11.4. The Morgan fingerprint density at radius 3 is 2.94 bits per heavy atom. The third-order valence-corrected chi connectivity index (χ3v) is 2.59. The zero-order valence-electron chi connectivity index (χ0n) is 10.2. The minimum absolute atomic E-state index is 0.263. The standard InChI is InChI=1S/C14H15NO3/c1-17-10-18-8-4-6-12-11-5-2-3-7-13(11)15-14(12)9-16/h2-7,9,15H,8,10H2,1H3/b6-4+. The van der Waals surface area contributed by atoms with Crippen molar-refractivity contribution in [3.63, 3.8) is 0 Å². The second-order valence-corrected chi connectivity index (χ2v) is 3.80. The molecule has 18 heavy (non-hydrogen) atoms. The van der Waals surface area contributed by atoms with E-state index in [-0.39, 0.29) is 6.79 Å². The average molecular weight is 245 g/mol. The van der Waals surface area contributed by atoms with Gasteiger partial charge in [0, 0.05) is 23.6 Å². The first-order valence-corrected chi connectivity index (χ1v) is 5.66. The summed E-state index contributed by atoms with van der Waals surface area (Å²) in [5.74, 6) is 0. The summed E-state index contributed by atoms with van der Waals surface area (Å²) in [5.41, 5.74) is 2.43. The summed E-state index contributed by atoms with van der Waals surface area (Å²) in [5, 5.41) is 1.03. The van der Waals surface area contributed by atoms with Gasteiger partial charge in [-0.3, -0.25) is 4.79 Å². The smallest absolute Gasteiger partial charge is 0.166 e. The quantitative estimate of drug-likeness (QED) is 0.483. The van der Waals surface area contributed by atoms with Crippen molar-refractivity contribution in [3.05, 3.63) is 41.6 Å². The molecule has 0 saturated carbocycles. The van der Waals surface area contributed by atoms with E-state index in [2.05, 4.69) is 4.98 Å². The van der Waals surface area contributed by atoms with E-state index in [1.54, 1.807) is 7.11 Å². The van der Waals surface area contributed by atoms with Crippen molar-refractivity contribution in [1.82, 2.24) is 4.98 Å². The van der Waals surface area contributed by atoms with Gasteiger partial charge in [0.1, 0.15) is 6.79 Å². The summed E-state index contributed by atoms with van der Waals surface area (Å²) < 4.78 is 9.93. The lowest BCUT2D eigenvalue weighted by Crippen LogP contribution is -1.95. The van der Waals surface area contributed by atoms with Crippen LogP contribution in [0.25, 0.3) is 17.0 Å². The van der Waals surface area contributed by atoms with E-state index in [0.29, 0.717) is 12.3 Å². The van der Waals surface area contributed by atoms with Gasteiger partial charge in [-0.2, -0.15) is 0 Å². The Labute approximate surface area is 105 Å². The topological polar surface area (TPSA) is 51.3 Å². The summed E-state index contributed by atoms with van der Waals surface area (Å²) in [7, 11) is 1.58. The highest BCUT2D eigenvalue weighted by atomic mass is 16.7. The number of benzene rings is 1. The van der Waals surface area contributed by atoms with Crippen LogP contribution >= 0.6 is 0 Å². The molecule has 0 amide bonds. The van der Waals surface area contributed by atoms with Crippen molar-refractivity contribution in [2.45, 2.75) is 0 Å². The monoisotopic (exact) mass is 245 g/mol. The number of aromatic nitrogens is 1. The number of aromatic amines is 1. The minimum Gasteiger partial charge on any atom is -0.359 e. The average Bonchev–Trinajstić information content (AvgIpc) is 2.77. The molecule has 2 rings (SSSR count). The van der Waals surface area contributed by atoms with Crippen LogP contribution in [0.3, 0.4) is 0 Å².